The molecular formula is C18H22N8O. The van der Waals surface area contributed by atoms with Crippen molar-refractivity contribution < 1.29 is 4.79 Å². The van der Waals surface area contributed by atoms with Gasteiger partial charge in [-0.2, -0.15) is 5.10 Å². The number of nitrogens with two attached hydrogens (primary N) is 2. The number of hydrazine groups is 1. The average Bonchev–Trinajstić information content (AvgIpc) is 3.03. The number of imidazole rings is 1. The van der Waals surface area contributed by atoms with E-state index in [0.29, 0.717) is 12.1 Å². The molecular weight excluding hydrogens is 344 g/mol. The summed E-state index contributed by atoms with van der Waals surface area (Å²) in [5, 5.41) is 9.41. The summed E-state index contributed by atoms with van der Waals surface area (Å²) in [6, 6.07) is 15.3. The Hall–Kier alpha value is -3.59. The Labute approximate surface area is 156 Å². The highest BCUT2D eigenvalue weighted by molar-refractivity contribution is 5.97. The van der Waals surface area contributed by atoms with Gasteiger partial charge in [-0.05, 0) is 29.8 Å². The standard InChI is InChI=1S/C18H22N8O/c1-26-15-5-3-2-4-14(15)23-18(26)22-10-12-6-8-13(9-7-12)17(27)21-11-16(24-19)25-20/h2-9H,10-11,19-20H2,1H3,(H,21,27)(H,22,23)(H,24,25). The number of benzene rings is 2. The number of carbonyl (C=O) groups is 1. The summed E-state index contributed by atoms with van der Waals surface area (Å²) in [6.07, 6.45) is 0. The molecule has 27 heavy (non-hydrogen) atoms. The maximum atomic E-state index is 12.1. The van der Waals surface area contributed by atoms with Crippen LogP contribution in [0.15, 0.2) is 53.6 Å². The van der Waals surface area contributed by atoms with Gasteiger partial charge in [0.2, 0.25) is 5.95 Å². The summed E-state index contributed by atoms with van der Waals surface area (Å²) in [5.74, 6) is 11.2. The number of hydrazone groups is 1. The molecule has 0 atom stereocenters. The topological polar surface area (TPSA) is 135 Å². The van der Waals surface area contributed by atoms with E-state index in [0.717, 1.165) is 22.5 Å². The van der Waals surface area contributed by atoms with Crippen molar-refractivity contribution in [1.82, 2.24) is 20.3 Å². The Balaban J connectivity index is 1.60. The quantitative estimate of drug-likeness (QED) is 0.188. The average molecular weight is 366 g/mol. The highest BCUT2D eigenvalue weighted by Gasteiger charge is 2.08. The molecule has 2 aromatic carbocycles. The molecule has 140 valence electrons. The van der Waals surface area contributed by atoms with Crippen molar-refractivity contribution in [1.29, 1.82) is 0 Å². The molecule has 0 fully saturated rings. The Morgan fingerprint density at radius 3 is 2.59 bits per heavy atom. The first kappa shape index (κ1) is 18.2. The Morgan fingerprint density at radius 1 is 1.19 bits per heavy atom. The van der Waals surface area contributed by atoms with Crippen molar-refractivity contribution in [2.75, 3.05) is 11.9 Å². The van der Waals surface area contributed by atoms with Crippen LogP contribution in [0.4, 0.5) is 5.95 Å². The minimum Gasteiger partial charge on any atom is -0.352 e. The predicted octanol–water partition coefficient (Wildman–Crippen LogP) is 0.651. The van der Waals surface area contributed by atoms with Gasteiger partial charge in [0, 0.05) is 19.2 Å². The first-order valence-corrected chi connectivity index (χ1v) is 8.38. The lowest BCUT2D eigenvalue weighted by atomic mass is 10.1. The monoisotopic (exact) mass is 366 g/mol. The lowest BCUT2D eigenvalue weighted by molar-refractivity contribution is 0.0959. The maximum Gasteiger partial charge on any atom is 0.251 e. The maximum absolute atomic E-state index is 12.1. The van der Waals surface area contributed by atoms with Crippen LogP contribution in [0.25, 0.3) is 11.0 Å². The van der Waals surface area contributed by atoms with Crippen LogP contribution < -0.4 is 27.7 Å². The van der Waals surface area contributed by atoms with E-state index in [9.17, 15) is 4.79 Å². The number of aromatic nitrogens is 2. The Morgan fingerprint density at radius 2 is 1.93 bits per heavy atom. The molecule has 0 radical (unpaired) electrons. The summed E-state index contributed by atoms with van der Waals surface area (Å²) >= 11 is 0. The van der Waals surface area contributed by atoms with Crippen LogP contribution in [0, 0.1) is 0 Å². The largest absolute Gasteiger partial charge is 0.352 e. The zero-order valence-electron chi connectivity index (χ0n) is 14.9. The third-order valence-corrected chi connectivity index (χ3v) is 4.19. The van der Waals surface area contributed by atoms with Crippen molar-refractivity contribution in [3.05, 3.63) is 59.7 Å². The van der Waals surface area contributed by atoms with Gasteiger partial charge in [0.05, 0.1) is 17.6 Å². The minimum atomic E-state index is -0.235. The van der Waals surface area contributed by atoms with E-state index in [1.165, 1.54) is 0 Å². The van der Waals surface area contributed by atoms with E-state index in [-0.39, 0.29) is 18.3 Å². The van der Waals surface area contributed by atoms with Crippen LogP contribution in [0.2, 0.25) is 0 Å². The Bertz CT molecular complexity index is 961. The lowest BCUT2D eigenvalue weighted by Gasteiger charge is -2.09. The zero-order valence-corrected chi connectivity index (χ0v) is 14.9. The second-order valence-electron chi connectivity index (χ2n) is 5.94. The molecule has 1 amide bonds. The van der Waals surface area contributed by atoms with Crippen LogP contribution in [0.1, 0.15) is 15.9 Å². The van der Waals surface area contributed by atoms with Crippen molar-refractivity contribution >= 4 is 28.7 Å². The fraction of sp³-hybridized carbons (Fsp3) is 0.167. The van der Waals surface area contributed by atoms with Gasteiger partial charge in [-0.3, -0.25) is 4.79 Å². The molecule has 3 rings (SSSR count). The van der Waals surface area contributed by atoms with Gasteiger partial charge in [-0.15, -0.1) is 0 Å². The third kappa shape index (κ3) is 4.15. The predicted molar refractivity (Wildman–Crippen MR) is 106 cm³/mol. The molecule has 1 heterocycles. The summed E-state index contributed by atoms with van der Waals surface area (Å²) in [5.41, 5.74) is 5.89. The van der Waals surface area contributed by atoms with Crippen LogP contribution in [0.3, 0.4) is 0 Å². The first-order valence-electron chi connectivity index (χ1n) is 8.38. The fourth-order valence-electron chi connectivity index (χ4n) is 2.66. The number of nitrogens with zero attached hydrogens (tertiary/aromatic N) is 3. The third-order valence-electron chi connectivity index (χ3n) is 4.19. The van der Waals surface area contributed by atoms with E-state index in [1.807, 2.05) is 48.0 Å². The van der Waals surface area contributed by atoms with Crippen LogP contribution in [-0.4, -0.2) is 27.8 Å². The number of amidine groups is 1. The second kappa shape index (κ2) is 8.19. The summed E-state index contributed by atoms with van der Waals surface area (Å²) in [7, 11) is 1.97. The summed E-state index contributed by atoms with van der Waals surface area (Å²) < 4.78 is 2.01. The molecule has 0 aliphatic carbocycles. The van der Waals surface area contributed by atoms with E-state index in [4.69, 9.17) is 11.7 Å². The van der Waals surface area contributed by atoms with E-state index < -0.39 is 0 Å². The van der Waals surface area contributed by atoms with E-state index in [2.05, 4.69) is 26.1 Å². The lowest BCUT2D eigenvalue weighted by Crippen LogP contribution is -2.41. The van der Waals surface area contributed by atoms with Gasteiger partial charge < -0.3 is 26.5 Å². The number of nitrogens with one attached hydrogen (secondary N) is 3. The van der Waals surface area contributed by atoms with Gasteiger partial charge in [0.15, 0.2) is 5.84 Å². The van der Waals surface area contributed by atoms with E-state index >= 15 is 0 Å². The van der Waals surface area contributed by atoms with Gasteiger partial charge in [0.1, 0.15) is 0 Å². The van der Waals surface area contributed by atoms with Crippen LogP contribution >= 0.6 is 0 Å². The second-order valence-corrected chi connectivity index (χ2v) is 5.94. The molecule has 9 heteroatoms. The van der Waals surface area contributed by atoms with Crippen molar-refractivity contribution in [3.63, 3.8) is 0 Å². The SMILES string of the molecule is Cn1c(NCc2ccc(C(=O)NCC(=NN)NN)cc2)nc2ccccc21. The number of anilines is 1. The fourth-order valence-corrected chi connectivity index (χ4v) is 2.66. The van der Waals surface area contributed by atoms with Crippen molar-refractivity contribution in [2.24, 2.45) is 23.8 Å². The summed E-state index contributed by atoms with van der Waals surface area (Å²) in [6.45, 7) is 0.724. The van der Waals surface area contributed by atoms with Crippen LogP contribution in [-0.2, 0) is 13.6 Å². The molecule has 0 unspecified atom stereocenters. The number of rotatable bonds is 6. The number of para-hydroxylation sites is 2. The molecule has 3 aromatic rings. The van der Waals surface area contributed by atoms with Gasteiger partial charge in [-0.25, -0.2) is 10.8 Å². The number of aryl methyl sites for hydroxylation is 1. The highest BCUT2D eigenvalue weighted by atomic mass is 16.1. The van der Waals surface area contributed by atoms with Crippen molar-refractivity contribution in [3.8, 4) is 0 Å². The molecule has 7 N–H and O–H groups in total. The molecule has 0 bridgehead atoms. The van der Waals surface area contributed by atoms with Crippen molar-refractivity contribution in [2.45, 2.75) is 6.54 Å². The molecule has 9 nitrogen and oxygen atoms in total. The first-order chi connectivity index (χ1) is 13.1. The summed E-state index contributed by atoms with van der Waals surface area (Å²) in [4.78, 5) is 16.7. The van der Waals surface area contributed by atoms with Gasteiger partial charge >= 0.3 is 0 Å². The molecule has 0 aliphatic rings. The zero-order chi connectivity index (χ0) is 19.2. The molecule has 0 spiro atoms. The Kier molecular flexibility index (Phi) is 5.53. The molecule has 0 saturated carbocycles. The molecule has 0 saturated heterocycles. The molecule has 0 aliphatic heterocycles. The number of fused-ring (bicyclic) bond motifs is 1. The number of amides is 1. The van der Waals surface area contributed by atoms with Crippen LogP contribution in [0.5, 0.6) is 0 Å². The normalized spacial score (nSPS) is 11.4. The highest BCUT2D eigenvalue weighted by Crippen LogP contribution is 2.18. The number of carbonyl (C=O) groups excluding carboxylic acids is 1. The smallest absolute Gasteiger partial charge is 0.251 e. The van der Waals surface area contributed by atoms with Gasteiger partial charge in [-0.1, -0.05) is 24.3 Å². The van der Waals surface area contributed by atoms with Gasteiger partial charge in [0.25, 0.3) is 5.91 Å². The minimum absolute atomic E-state index is 0.127. The number of hydrogen-bond acceptors (Lipinski definition) is 6. The number of hydrogen-bond donors (Lipinski definition) is 5. The van der Waals surface area contributed by atoms with E-state index in [1.54, 1.807) is 12.1 Å². The molecule has 1 aromatic heterocycles.